The van der Waals surface area contributed by atoms with Crippen molar-refractivity contribution in [1.29, 1.82) is 0 Å². The van der Waals surface area contributed by atoms with Crippen LogP contribution < -0.4 is 5.32 Å². The average molecular weight is 245 g/mol. The Morgan fingerprint density at radius 2 is 2.22 bits per heavy atom. The van der Waals surface area contributed by atoms with Crippen molar-refractivity contribution in [1.82, 2.24) is 15.2 Å². The lowest BCUT2D eigenvalue weighted by Crippen LogP contribution is -2.32. The minimum atomic E-state index is -0.0176. The average Bonchev–Trinajstić information content (AvgIpc) is 2.85. The monoisotopic (exact) mass is 245 g/mol. The number of nitrogens with zero attached hydrogens (tertiary/aromatic N) is 1. The van der Waals surface area contributed by atoms with E-state index in [1.165, 1.54) is 0 Å². The van der Waals surface area contributed by atoms with Gasteiger partial charge in [-0.15, -0.1) is 0 Å². The summed E-state index contributed by atoms with van der Waals surface area (Å²) < 4.78 is 0. The Morgan fingerprint density at radius 3 is 3.00 bits per heavy atom. The van der Waals surface area contributed by atoms with Crippen LogP contribution in [0.2, 0.25) is 0 Å². The van der Waals surface area contributed by atoms with Gasteiger partial charge in [-0.1, -0.05) is 13.0 Å². The maximum absolute atomic E-state index is 11.9. The summed E-state index contributed by atoms with van der Waals surface area (Å²) in [4.78, 5) is 17.2. The van der Waals surface area contributed by atoms with E-state index in [1.54, 1.807) is 0 Å². The molecule has 0 atom stereocenters. The molecule has 0 saturated carbocycles. The number of H-pyrrole nitrogens is 1. The summed E-state index contributed by atoms with van der Waals surface area (Å²) in [6, 6.07) is 7.69. The number of fused-ring (bicyclic) bond motifs is 1. The van der Waals surface area contributed by atoms with Crippen LogP contribution in [0.5, 0.6) is 0 Å². The minimum absolute atomic E-state index is 0.0176. The molecule has 0 aliphatic carbocycles. The SMILES string of the molecule is CCN(C)CCNC(=O)c1ccc2cc[nH]c2c1. The normalized spacial score (nSPS) is 11.1. The summed E-state index contributed by atoms with van der Waals surface area (Å²) in [5.41, 5.74) is 1.69. The van der Waals surface area contributed by atoms with Gasteiger partial charge >= 0.3 is 0 Å². The molecule has 0 aliphatic rings. The fraction of sp³-hybridized carbons (Fsp3) is 0.357. The number of amides is 1. The Bertz CT molecular complexity index is 533. The van der Waals surface area contributed by atoms with E-state index in [2.05, 4.69) is 22.1 Å². The van der Waals surface area contributed by atoms with Crippen LogP contribution in [0.1, 0.15) is 17.3 Å². The molecule has 96 valence electrons. The number of aromatic nitrogens is 1. The number of likely N-dealkylation sites (N-methyl/N-ethyl adjacent to an activating group) is 1. The summed E-state index contributed by atoms with van der Waals surface area (Å²) >= 11 is 0. The summed E-state index contributed by atoms with van der Waals surface area (Å²) in [6.07, 6.45) is 1.88. The molecule has 2 N–H and O–H groups in total. The number of rotatable bonds is 5. The van der Waals surface area contributed by atoms with Crippen LogP contribution in [0.4, 0.5) is 0 Å². The predicted molar refractivity (Wildman–Crippen MR) is 73.8 cm³/mol. The highest BCUT2D eigenvalue weighted by Gasteiger charge is 2.06. The number of nitrogens with one attached hydrogen (secondary N) is 2. The van der Waals surface area contributed by atoms with E-state index in [0.29, 0.717) is 12.1 Å². The summed E-state index contributed by atoms with van der Waals surface area (Å²) in [5, 5.41) is 4.05. The zero-order valence-corrected chi connectivity index (χ0v) is 10.9. The lowest BCUT2D eigenvalue weighted by Gasteiger charge is -2.13. The van der Waals surface area contributed by atoms with Gasteiger partial charge in [-0.2, -0.15) is 0 Å². The number of carbonyl (C=O) groups excluding carboxylic acids is 1. The van der Waals surface area contributed by atoms with E-state index in [4.69, 9.17) is 0 Å². The molecule has 0 bridgehead atoms. The van der Waals surface area contributed by atoms with Crippen molar-refractivity contribution < 1.29 is 4.79 Å². The van der Waals surface area contributed by atoms with Crippen LogP contribution in [0, 0.1) is 0 Å². The first-order valence-electron chi connectivity index (χ1n) is 6.24. The largest absolute Gasteiger partial charge is 0.361 e. The number of aromatic amines is 1. The lowest BCUT2D eigenvalue weighted by molar-refractivity contribution is 0.0950. The molecule has 1 aromatic heterocycles. The van der Waals surface area contributed by atoms with Crippen LogP contribution in [-0.2, 0) is 0 Å². The van der Waals surface area contributed by atoms with Gasteiger partial charge in [0.05, 0.1) is 0 Å². The summed E-state index contributed by atoms with van der Waals surface area (Å²) in [5.74, 6) is -0.0176. The van der Waals surface area contributed by atoms with E-state index >= 15 is 0 Å². The first-order chi connectivity index (χ1) is 8.70. The molecule has 1 heterocycles. The Labute approximate surface area is 107 Å². The molecule has 1 aromatic carbocycles. The van der Waals surface area contributed by atoms with Crippen LogP contribution in [0.25, 0.3) is 10.9 Å². The highest BCUT2D eigenvalue weighted by atomic mass is 16.1. The number of hydrogen-bond donors (Lipinski definition) is 2. The van der Waals surface area contributed by atoms with Gasteiger partial charge in [0, 0.05) is 30.4 Å². The van der Waals surface area contributed by atoms with Gasteiger partial charge in [-0.3, -0.25) is 4.79 Å². The van der Waals surface area contributed by atoms with Crippen LogP contribution in [0.15, 0.2) is 30.5 Å². The third-order valence-electron chi connectivity index (χ3n) is 3.14. The molecule has 4 heteroatoms. The van der Waals surface area contributed by atoms with Crippen molar-refractivity contribution in [2.24, 2.45) is 0 Å². The molecule has 0 spiro atoms. The highest BCUT2D eigenvalue weighted by molar-refractivity contribution is 5.97. The van der Waals surface area contributed by atoms with Gasteiger partial charge in [-0.25, -0.2) is 0 Å². The van der Waals surface area contributed by atoms with Gasteiger partial charge in [0.25, 0.3) is 5.91 Å². The Balaban J connectivity index is 1.95. The van der Waals surface area contributed by atoms with Crippen molar-refractivity contribution in [3.8, 4) is 0 Å². The van der Waals surface area contributed by atoms with Crippen LogP contribution >= 0.6 is 0 Å². The zero-order valence-electron chi connectivity index (χ0n) is 10.9. The van der Waals surface area contributed by atoms with Gasteiger partial charge in [-0.05, 0) is 37.2 Å². The summed E-state index contributed by atoms with van der Waals surface area (Å²) in [6.45, 7) is 4.63. The van der Waals surface area contributed by atoms with Gasteiger partial charge < -0.3 is 15.2 Å². The second-order valence-corrected chi connectivity index (χ2v) is 4.43. The van der Waals surface area contributed by atoms with Crippen molar-refractivity contribution in [3.63, 3.8) is 0 Å². The highest BCUT2D eigenvalue weighted by Crippen LogP contribution is 2.13. The molecule has 1 amide bonds. The molecule has 2 rings (SSSR count). The van der Waals surface area contributed by atoms with Crippen LogP contribution in [0.3, 0.4) is 0 Å². The Kier molecular flexibility index (Phi) is 3.99. The van der Waals surface area contributed by atoms with Gasteiger partial charge in [0.15, 0.2) is 0 Å². The standard InChI is InChI=1S/C14H19N3O/c1-3-17(2)9-8-16-14(18)12-5-4-11-6-7-15-13(11)10-12/h4-7,10,15H,3,8-9H2,1-2H3,(H,16,18). The number of benzene rings is 1. The number of hydrogen-bond acceptors (Lipinski definition) is 2. The third-order valence-corrected chi connectivity index (χ3v) is 3.14. The minimum Gasteiger partial charge on any atom is -0.361 e. The fourth-order valence-corrected chi connectivity index (χ4v) is 1.81. The lowest BCUT2D eigenvalue weighted by atomic mass is 10.1. The molecule has 2 aromatic rings. The van der Waals surface area contributed by atoms with E-state index in [-0.39, 0.29) is 5.91 Å². The fourth-order valence-electron chi connectivity index (χ4n) is 1.81. The molecule has 0 fully saturated rings. The topological polar surface area (TPSA) is 48.1 Å². The number of carbonyl (C=O) groups is 1. The molecular formula is C14H19N3O. The molecule has 0 unspecified atom stereocenters. The summed E-state index contributed by atoms with van der Waals surface area (Å²) in [7, 11) is 2.04. The van der Waals surface area contributed by atoms with Crippen molar-refractivity contribution in [2.45, 2.75) is 6.92 Å². The zero-order chi connectivity index (χ0) is 13.0. The van der Waals surface area contributed by atoms with Crippen LogP contribution in [-0.4, -0.2) is 42.5 Å². The molecule has 0 radical (unpaired) electrons. The van der Waals surface area contributed by atoms with Crippen molar-refractivity contribution in [2.75, 3.05) is 26.7 Å². The maximum atomic E-state index is 11.9. The van der Waals surface area contributed by atoms with E-state index in [1.807, 2.05) is 37.5 Å². The van der Waals surface area contributed by atoms with E-state index in [0.717, 1.165) is 24.0 Å². The smallest absolute Gasteiger partial charge is 0.251 e. The van der Waals surface area contributed by atoms with Crippen molar-refractivity contribution >= 4 is 16.8 Å². The van der Waals surface area contributed by atoms with Gasteiger partial charge in [0.2, 0.25) is 0 Å². The molecule has 0 saturated heterocycles. The van der Waals surface area contributed by atoms with Gasteiger partial charge in [0.1, 0.15) is 0 Å². The molecule has 18 heavy (non-hydrogen) atoms. The molecule has 0 aliphatic heterocycles. The van der Waals surface area contributed by atoms with Crippen molar-refractivity contribution in [3.05, 3.63) is 36.0 Å². The molecular weight excluding hydrogens is 226 g/mol. The Morgan fingerprint density at radius 1 is 1.39 bits per heavy atom. The second kappa shape index (κ2) is 5.69. The first kappa shape index (κ1) is 12.6. The Hall–Kier alpha value is -1.81. The third kappa shape index (κ3) is 2.90. The second-order valence-electron chi connectivity index (χ2n) is 4.43. The predicted octanol–water partition coefficient (Wildman–Crippen LogP) is 1.85. The quantitative estimate of drug-likeness (QED) is 0.844. The maximum Gasteiger partial charge on any atom is 0.251 e. The molecule has 4 nitrogen and oxygen atoms in total. The first-order valence-corrected chi connectivity index (χ1v) is 6.24. The van der Waals surface area contributed by atoms with E-state index < -0.39 is 0 Å². The van der Waals surface area contributed by atoms with E-state index in [9.17, 15) is 4.79 Å².